The molecular weight excluding hydrogens is 288 g/mol. The molecule has 2 aromatic rings. The van der Waals surface area contributed by atoms with Crippen LogP contribution >= 0.6 is 0 Å². The molecule has 1 aliphatic heterocycles. The number of ether oxygens (including phenoxy) is 1. The number of piperidine rings is 1. The molecule has 1 aliphatic rings. The topological polar surface area (TPSA) is 42.1 Å². The molecule has 0 aliphatic carbocycles. The number of likely N-dealkylation sites (N-methyl/N-ethyl adjacent to an activating group) is 1. The summed E-state index contributed by atoms with van der Waals surface area (Å²) in [5.74, 6) is -0.265. The molecule has 122 valence electrons. The Bertz CT molecular complexity index is 696. The third kappa shape index (κ3) is 4.02. The number of hydrogen-bond donors (Lipinski definition) is 1. The molecule has 23 heavy (non-hydrogen) atoms. The summed E-state index contributed by atoms with van der Waals surface area (Å²) in [5, 5.41) is 1.11. The van der Waals surface area contributed by atoms with E-state index in [9.17, 15) is 4.79 Å². The largest absolute Gasteiger partial charge is 0.457 e. The normalized spacial score (nSPS) is 17.6. The van der Waals surface area contributed by atoms with Gasteiger partial charge in [0.1, 0.15) is 13.2 Å². The Hall–Kier alpha value is -2.07. The number of quaternary nitrogens is 1. The van der Waals surface area contributed by atoms with Crippen molar-refractivity contribution in [2.24, 2.45) is 0 Å². The highest BCUT2D eigenvalue weighted by atomic mass is 16.5. The van der Waals surface area contributed by atoms with Crippen molar-refractivity contribution in [2.75, 3.05) is 33.3 Å². The first-order chi connectivity index (χ1) is 11.2. The van der Waals surface area contributed by atoms with Crippen molar-refractivity contribution >= 4 is 22.9 Å². The Balaban J connectivity index is 1.51. The number of H-pyrrole nitrogens is 1. The Labute approximate surface area is 137 Å². The Morgan fingerprint density at radius 1 is 1.26 bits per heavy atom. The predicted molar refractivity (Wildman–Crippen MR) is 92.9 cm³/mol. The zero-order chi connectivity index (χ0) is 16.1. The highest BCUT2D eigenvalue weighted by Crippen LogP contribution is 2.19. The summed E-state index contributed by atoms with van der Waals surface area (Å²) in [6.45, 7) is 3.80. The van der Waals surface area contributed by atoms with Crippen LogP contribution in [-0.4, -0.2) is 48.7 Å². The van der Waals surface area contributed by atoms with Crippen molar-refractivity contribution in [2.45, 2.75) is 19.3 Å². The first-order valence-corrected chi connectivity index (χ1v) is 8.41. The molecule has 3 rings (SSSR count). The third-order valence-corrected chi connectivity index (χ3v) is 4.79. The van der Waals surface area contributed by atoms with Crippen molar-refractivity contribution in [1.82, 2.24) is 4.98 Å². The second-order valence-electron chi connectivity index (χ2n) is 6.64. The molecule has 4 heteroatoms. The molecule has 1 aromatic heterocycles. The van der Waals surface area contributed by atoms with Gasteiger partial charge in [-0.3, -0.25) is 0 Å². The first kappa shape index (κ1) is 15.8. The van der Waals surface area contributed by atoms with Gasteiger partial charge in [-0.2, -0.15) is 0 Å². The van der Waals surface area contributed by atoms with Crippen molar-refractivity contribution in [3.8, 4) is 0 Å². The van der Waals surface area contributed by atoms with Gasteiger partial charge in [0.25, 0.3) is 0 Å². The standard InChI is InChI=1S/C19H24N2O2/c1-21(11-5-2-6-12-21)13-14-23-19(22)10-9-16-15-20-18-8-4-3-7-17(16)18/h3-4,7-10,15H,2,5-6,11-14H2,1H3/p+1. The minimum atomic E-state index is -0.265. The van der Waals surface area contributed by atoms with Gasteiger partial charge >= 0.3 is 5.97 Å². The van der Waals surface area contributed by atoms with E-state index in [1.54, 1.807) is 0 Å². The Morgan fingerprint density at radius 3 is 2.87 bits per heavy atom. The van der Waals surface area contributed by atoms with E-state index in [1.165, 1.54) is 38.4 Å². The number of esters is 1. The quantitative estimate of drug-likeness (QED) is 0.522. The van der Waals surface area contributed by atoms with Crippen molar-refractivity contribution in [1.29, 1.82) is 0 Å². The fourth-order valence-corrected chi connectivity index (χ4v) is 3.30. The lowest BCUT2D eigenvalue weighted by Gasteiger charge is -2.37. The molecule has 0 saturated carbocycles. The van der Waals surface area contributed by atoms with Crippen LogP contribution in [0.2, 0.25) is 0 Å². The lowest BCUT2D eigenvalue weighted by Crippen LogP contribution is -2.49. The second-order valence-corrected chi connectivity index (χ2v) is 6.64. The number of aromatic nitrogens is 1. The van der Waals surface area contributed by atoms with E-state index >= 15 is 0 Å². The fraction of sp³-hybridized carbons (Fsp3) is 0.421. The second kappa shape index (κ2) is 7.01. The Kier molecular flexibility index (Phi) is 4.82. The van der Waals surface area contributed by atoms with Gasteiger partial charge in [0, 0.05) is 28.7 Å². The van der Waals surface area contributed by atoms with Crippen LogP contribution in [0.5, 0.6) is 0 Å². The molecule has 0 spiro atoms. The maximum absolute atomic E-state index is 11.9. The molecule has 0 unspecified atom stereocenters. The van der Waals surface area contributed by atoms with Gasteiger partial charge in [0.2, 0.25) is 0 Å². The molecule has 1 N–H and O–H groups in total. The molecule has 1 aromatic carbocycles. The van der Waals surface area contributed by atoms with Crippen LogP contribution in [-0.2, 0) is 9.53 Å². The van der Waals surface area contributed by atoms with Gasteiger partial charge in [-0.25, -0.2) is 4.79 Å². The highest BCUT2D eigenvalue weighted by molar-refractivity contribution is 5.93. The van der Waals surface area contributed by atoms with Crippen LogP contribution in [0.25, 0.3) is 17.0 Å². The van der Waals surface area contributed by atoms with Crippen LogP contribution in [0.4, 0.5) is 0 Å². The van der Waals surface area contributed by atoms with Gasteiger partial charge in [0.15, 0.2) is 0 Å². The van der Waals surface area contributed by atoms with E-state index in [1.807, 2.05) is 36.5 Å². The van der Waals surface area contributed by atoms with Crippen LogP contribution in [0.3, 0.4) is 0 Å². The minimum absolute atomic E-state index is 0.265. The summed E-state index contributed by atoms with van der Waals surface area (Å²) in [6, 6.07) is 8.05. The van der Waals surface area contributed by atoms with Crippen LogP contribution < -0.4 is 0 Å². The number of likely N-dealkylation sites (tertiary alicyclic amines) is 1. The molecule has 1 saturated heterocycles. The Morgan fingerprint density at radius 2 is 2.04 bits per heavy atom. The number of fused-ring (bicyclic) bond motifs is 1. The van der Waals surface area contributed by atoms with E-state index in [2.05, 4.69) is 12.0 Å². The minimum Gasteiger partial charge on any atom is -0.457 e. The first-order valence-electron chi connectivity index (χ1n) is 8.41. The zero-order valence-corrected chi connectivity index (χ0v) is 13.8. The van der Waals surface area contributed by atoms with Crippen LogP contribution in [0.1, 0.15) is 24.8 Å². The average Bonchev–Trinajstić information content (AvgIpc) is 2.97. The van der Waals surface area contributed by atoms with E-state index in [-0.39, 0.29) is 5.97 Å². The summed E-state index contributed by atoms with van der Waals surface area (Å²) in [5.41, 5.74) is 2.08. The van der Waals surface area contributed by atoms with Gasteiger partial charge < -0.3 is 14.2 Å². The predicted octanol–water partition coefficient (Wildman–Crippen LogP) is 3.35. The highest BCUT2D eigenvalue weighted by Gasteiger charge is 2.24. The van der Waals surface area contributed by atoms with Gasteiger partial charge in [-0.1, -0.05) is 18.2 Å². The molecule has 1 fully saturated rings. The number of rotatable bonds is 5. The molecule has 0 radical (unpaired) electrons. The van der Waals surface area contributed by atoms with Crippen molar-refractivity contribution in [3.05, 3.63) is 42.1 Å². The van der Waals surface area contributed by atoms with E-state index in [0.717, 1.165) is 27.5 Å². The number of nitrogens with zero attached hydrogens (tertiary/aromatic N) is 1. The molecule has 0 atom stereocenters. The molecule has 2 heterocycles. The van der Waals surface area contributed by atoms with Crippen molar-refractivity contribution < 1.29 is 14.0 Å². The number of benzene rings is 1. The fourth-order valence-electron chi connectivity index (χ4n) is 3.30. The lowest BCUT2D eigenvalue weighted by molar-refractivity contribution is -0.914. The zero-order valence-electron chi connectivity index (χ0n) is 13.8. The van der Waals surface area contributed by atoms with Gasteiger partial charge in [-0.05, 0) is 31.4 Å². The summed E-state index contributed by atoms with van der Waals surface area (Å²) in [6.07, 6.45) is 9.15. The number of hydrogen-bond acceptors (Lipinski definition) is 2. The average molecular weight is 313 g/mol. The number of nitrogens with one attached hydrogen (secondary N) is 1. The number of para-hydroxylation sites is 1. The number of aromatic amines is 1. The maximum Gasteiger partial charge on any atom is 0.330 e. The summed E-state index contributed by atoms with van der Waals surface area (Å²) in [7, 11) is 2.26. The summed E-state index contributed by atoms with van der Waals surface area (Å²) < 4.78 is 6.40. The number of carbonyl (C=O) groups excluding carboxylic acids is 1. The smallest absolute Gasteiger partial charge is 0.330 e. The van der Waals surface area contributed by atoms with E-state index in [4.69, 9.17) is 4.74 Å². The van der Waals surface area contributed by atoms with Gasteiger partial charge in [-0.15, -0.1) is 0 Å². The van der Waals surface area contributed by atoms with Crippen LogP contribution in [0.15, 0.2) is 36.5 Å². The summed E-state index contributed by atoms with van der Waals surface area (Å²) >= 11 is 0. The molecule has 0 amide bonds. The van der Waals surface area contributed by atoms with Crippen LogP contribution in [0, 0.1) is 0 Å². The molecule has 4 nitrogen and oxygen atoms in total. The summed E-state index contributed by atoms with van der Waals surface area (Å²) in [4.78, 5) is 15.1. The third-order valence-electron chi connectivity index (χ3n) is 4.79. The maximum atomic E-state index is 11.9. The van der Waals surface area contributed by atoms with Gasteiger partial charge in [0.05, 0.1) is 20.1 Å². The molecular formula is C19H25N2O2+. The van der Waals surface area contributed by atoms with Crippen molar-refractivity contribution in [3.63, 3.8) is 0 Å². The lowest BCUT2D eigenvalue weighted by atomic mass is 10.1. The van der Waals surface area contributed by atoms with E-state index in [0.29, 0.717) is 6.61 Å². The number of carbonyl (C=O) groups is 1. The molecule has 0 bridgehead atoms. The van der Waals surface area contributed by atoms with E-state index < -0.39 is 0 Å². The monoisotopic (exact) mass is 313 g/mol. The SMILES string of the molecule is C[N+]1(CCOC(=O)/C=C/c2c[nH]c3ccccc23)CCCCC1.